The first-order chi connectivity index (χ1) is 12.7. The summed E-state index contributed by atoms with van der Waals surface area (Å²) in [4.78, 5) is 19.6. The number of rotatable bonds is 5. The van der Waals surface area contributed by atoms with Gasteiger partial charge < -0.3 is 10.2 Å². The number of carbonyl (C=O) groups is 1. The summed E-state index contributed by atoms with van der Waals surface area (Å²) < 4.78 is 1.08. The van der Waals surface area contributed by atoms with Crippen LogP contribution in [0.3, 0.4) is 0 Å². The van der Waals surface area contributed by atoms with E-state index in [1.807, 2.05) is 24.3 Å². The van der Waals surface area contributed by atoms with E-state index in [4.69, 9.17) is 0 Å². The molecule has 0 saturated carbocycles. The van der Waals surface area contributed by atoms with Crippen LogP contribution in [-0.4, -0.2) is 30.0 Å². The van der Waals surface area contributed by atoms with Gasteiger partial charge in [-0.3, -0.25) is 4.79 Å². The van der Waals surface area contributed by atoms with Gasteiger partial charge in [-0.05, 0) is 49.6 Å². The van der Waals surface area contributed by atoms with E-state index in [1.165, 1.54) is 12.1 Å². The first kappa shape index (κ1) is 17.0. The molecule has 1 N–H and O–H groups in total. The van der Waals surface area contributed by atoms with Crippen LogP contribution in [0, 0.1) is 0 Å². The first-order valence-corrected chi connectivity index (χ1v) is 10.1. The molecule has 4 rings (SSSR count). The summed E-state index contributed by atoms with van der Waals surface area (Å²) in [6, 6.07) is 16.6. The fourth-order valence-corrected chi connectivity index (χ4v) is 4.53. The monoisotopic (exact) mass is 365 g/mol. The Bertz CT molecular complexity index is 906. The van der Waals surface area contributed by atoms with Crippen molar-refractivity contribution in [1.29, 1.82) is 0 Å². The van der Waals surface area contributed by atoms with E-state index in [9.17, 15) is 4.79 Å². The fraction of sp³-hybridized carbons (Fsp3) is 0.333. The fourth-order valence-electron chi connectivity index (χ4n) is 3.58. The second-order valence-corrected chi connectivity index (χ2v) is 7.79. The second-order valence-electron chi connectivity index (χ2n) is 6.68. The minimum absolute atomic E-state index is 0.00161. The molecule has 1 amide bonds. The molecule has 26 heavy (non-hydrogen) atoms. The van der Waals surface area contributed by atoms with Crippen LogP contribution in [0.2, 0.25) is 0 Å². The van der Waals surface area contributed by atoms with Crippen molar-refractivity contribution in [2.45, 2.75) is 32.2 Å². The summed E-state index contributed by atoms with van der Waals surface area (Å²) >= 11 is 1.67. The van der Waals surface area contributed by atoms with E-state index in [1.54, 1.807) is 11.3 Å². The van der Waals surface area contributed by atoms with Gasteiger partial charge in [-0.15, -0.1) is 11.3 Å². The lowest BCUT2D eigenvalue weighted by Crippen LogP contribution is -2.40. The third-order valence-corrected chi connectivity index (χ3v) is 6.12. The lowest BCUT2D eigenvalue weighted by Gasteiger charge is -2.27. The zero-order valence-corrected chi connectivity index (χ0v) is 15.8. The molecule has 1 aliphatic heterocycles. The molecule has 0 aliphatic carbocycles. The minimum atomic E-state index is -0.00161. The molecule has 1 fully saturated rings. The molecular formula is C21H23N3OS. The largest absolute Gasteiger partial charge is 0.367 e. The zero-order chi connectivity index (χ0) is 17.9. The Morgan fingerprint density at radius 3 is 2.92 bits per heavy atom. The number of carbonyl (C=O) groups excluding carboxylic acids is 1. The molecular weight excluding hydrogens is 342 g/mol. The summed E-state index contributed by atoms with van der Waals surface area (Å²) in [5.41, 5.74) is 2.94. The summed E-state index contributed by atoms with van der Waals surface area (Å²) in [6.07, 6.45) is 3.21. The van der Waals surface area contributed by atoms with Gasteiger partial charge in [0.05, 0.1) is 15.2 Å². The van der Waals surface area contributed by atoms with Gasteiger partial charge in [-0.1, -0.05) is 25.1 Å². The number of thiazole rings is 1. The summed E-state index contributed by atoms with van der Waals surface area (Å²) in [7, 11) is 0. The predicted octanol–water partition coefficient (Wildman–Crippen LogP) is 4.26. The van der Waals surface area contributed by atoms with Gasteiger partial charge in [0, 0.05) is 30.4 Å². The quantitative estimate of drug-likeness (QED) is 0.735. The smallest absolute Gasteiger partial charge is 0.251 e. The maximum absolute atomic E-state index is 12.6. The number of nitrogens with zero attached hydrogens (tertiary/aromatic N) is 2. The normalized spacial score (nSPS) is 17.0. The molecule has 2 aromatic carbocycles. The lowest BCUT2D eigenvalue weighted by molar-refractivity contribution is 0.0951. The van der Waals surface area contributed by atoms with Gasteiger partial charge in [0.15, 0.2) is 0 Å². The molecule has 1 saturated heterocycles. The minimum Gasteiger partial charge on any atom is -0.367 e. The summed E-state index contributed by atoms with van der Waals surface area (Å²) in [6.45, 7) is 3.83. The van der Waals surface area contributed by atoms with Crippen molar-refractivity contribution in [3.8, 4) is 0 Å². The molecule has 1 atom stereocenters. The zero-order valence-electron chi connectivity index (χ0n) is 14.9. The number of hydrogen-bond donors (Lipinski definition) is 1. The average molecular weight is 366 g/mol. The third kappa shape index (κ3) is 3.44. The van der Waals surface area contributed by atoms with Crippen LogP contribution >= 0.6 is 11.3 Å². The number of nitrogens with one attached hydrogen (secondary N) is 1. The molecule has 3 aromatic rings. The van der Waals surface area contributed by atoms with Crippen molar-refractivity contribution in [2.75, 3.05) is 18.0 Å². The Labute approximate surface area is 157 Å². The SMILES string of the molecule is CCc1nc2ccc(C(=O)NCC3CCCN3c3ccccc3)cc2s1. The maximum Gasteiger partial charge on any atom is 0.251 e. The third-order valence-electron chi connectivity index (χ3n) is 4.96. The Balaban J connectivity index is 1.43. The van der Waals surface area contributed by atoms with E-state index in [2.05, 4.69) is 46.4 Å². The van der Waals surface area contributed by atoms with Crippen LogP contribution in [0.15, 0.2) is 48.5 Å². The number of aromatic nitrogens is 1. The molecule has 1 unspecified atom stereocenters. The Morgan fingerprint density at radius 2 is 2.12 bits per heavy atom. The Morgan fingerprint density at radius 1 is 1.27 bits per heavy atom. The number of aryl methyl sites for hydroxylation is 1. The van der Waals surface area contributed by atoms with Crippen molar-refractivity contribution in [1.82, 2.24) is 10.3 Å². The van der Waals surface area contributed by atoms with Gasteiger partial charge in [0.2, 0.25) is 0 Å². The molecule has 0 bridgehead atoms. The Kier molecular flexibility index (Phi) is 4.89. The van der Waals surface area contributed by atoms with E-state index in [-0.39, 0.29) is 5.91 Å². The van der Waals surface area contributed by atoms with Gasteiger partial charge in [0.25, 0.3) is 5.91 Å². The highest BCUT2D eigenvalue weighted by atomic mass is 32.1. The van der Waals surface area contributed by atoms with Crippen molar-refractivity contribution in [3.63, 3.8) is 0 Å². The number of anilines is 1. The van der Waals surface area contributed by atoms with Gasteiger partial charge >= 0.3 is 0 Å². The van der Waals surface area contributed by atoms with E-state index in [0.717, 1.165) is 34.6 Å². The molecule has 134 valence electrons. The number of fused-ring (bicyclic) bond motifs is 1. The highest BCUT2D eigenvalue weighted by Crippen LogP contribution is 2.25. The van der Waals surface area contributed by atoms with E-state index in [0.29, 0.717) is 18.2 Å². The highest BCUT2D eigenvalue weighted by Gasteiger charge is 2.25. The van der Waals surface area contributed by atoms with E-state index >= 15 is 0 Å². The van der Waals surface area contributed by atoms with Crippen LogP contribution in [-0.2, 0) is 6.42 Å². The lowest BCUT2D eigenvalue weighted by atomic mass is 10.1. The van der Waals surface area contributed by atoms with Crippen LogP contribution in [0.1, 0.15) is 35.1 Å². The molecule has 4 nitrogen and oxygen atoms in total. The second kappa shape index (κ2) is 7.46. The molecule has 2 heterocycles. The number of hydrogen-bond acceptors (Lipinski definition) is 4. The first-order valence-electron chi connectivity index (χ1n) is 9.24. The molecule has 1 aromatic heterocycles. The highest BCUT2D eigenvalue weighted by molar-refractivity contribution is 7.18. The Hall–Kier alpha value is -2.40. The van der Waals surface area contributed by atoms with Crippen molar-refractivity contribution in [3.05, 3.63) is 59.1 Å². The van der Waals surface area contributed by atoms with Gasteiger partial charge in [0.1, 0.15) is 0 Å². The topological polar surface area (TPSA) is 45.2 Å². The van der Waals surface area contributed by atoms with Crippen LogP contribution < -0.4 is 10.2 Å². The van der Waals surface area contributed by atoms with Crippen LogP contribution in [0.25, 0.3) is 10.2 Å². The standard InChI is InChI=1S/C21H23N3OS/c1-2-20-23-18-11-10-15(13-19(18)26-20)21(25)22-14-17-9-6-12-24(17)16-7-4-3-5-8-16/h3-5,7-8,10-11,13,17H,2,6,9,12,14H2,1H3,(H,22,25). The van der Waals surface area contributed by atoms with Crippen LogP contribution in [0.4, 0.5) is 5.69 Å². The van der Waals surface area contributed by atoms with Crippen molar-refractivity contribution >= 4 is 33.1 Å². The summed E-state index contributed by atoms with van der Waals surface area (Å²) in [5.74, 6) is -0.00161. The number of benzene rings is 2. The average Bonchev–Trinajstić information content (AvgIpc) is 3.32. The number of para-hydroxylation sites is 1. The molecule has 0 spiro atoms. The van der Waals surface area contributed by atoms with Crippen molar-refractivity contribution < 1.29 is 4.79 Å². The van der Waals surface area contributed by atoms with Crippen molar-refractivity contribution in [2.24, 2.45) is 0 Å². The predicted molar refractivity (Wildman–Crippen MR) is 108 cm³/mol. The van der Waals surface area contributed by atoms with Crippen LogP contribution in [0.5, 0.6) is 0 Å². The van der Waals surface area contributed by atoms with Gasteiger partial charge in [-0.25, -0.2) is 4.98 Å². The molecule has 0 radical (unpaired) electrons. The molecule has 1 aliphatic rings. The van der Waals surface area contributed by atoms with E-state index < -0.39 is 0 Å². The molecule has 5 heteroatoms. The maximum atomic E-state index is 12.6. The van der Waals surface area contributed by atoms with Gasteiger partial charge in [-0.2, -0.15) is 0 Å². The summed E-state index contributed by atoms with van der Waals surface area (Å²) in [5, 5.41) is 4.24. The number of amides is 1.